The van der Waals surface area contributed by atoms with Gasteiger partial charge in [-0.2, -0.15) is 0 Å². The van der Waals surface area contributed by atoms with Crippen molar-refractivity contribution in [2.24, 2.45) is 0 Å². The van der Waals surface area contributed by atoms with E-state index >= 15 is 0 Å². The Labute approximate surface area is 88.4 Å². The highest BCUT2D eigenvalue weighted by molar-refractivity contribution is 9.10. The summed E-state index contributed by atoms with van der Waals surface area (Å²) in [5.41, 5.74) is 2.20. The maximum Gasteiger partial charge on any atom is 0.0935 e. The minimum Gasteiger partial charge on any atom is -0.251 e. The summed E-state index contributed by atoms with van der Waals surface area (Å²) in [5, 5.41) is 0.799. The molecule has 0 N–H and O–H groups in total. The SMILES string of the molecule is FCCc1cccc(CBr)c1Br. The average Bonchev–Trinajstić information content (AvgIpc) is 2.09. The van der Waals surface area contributed by atoms with E-state index in [1.807, 2.05) is 18.2 Å². The van der Waals surface area contributed by atoms with Gasteiger partial charge in [0.05, 0.1) is 6.67 Å². The lowest BCUT2D eigenvalue weighted by Gasteiger charge is -2.05. The Morgan fingerprint density at radius 2 is 1.92 bits per heavy atom. The Morgan fingerprint density at radius 1 is 1.25 bits per heavy atom. The zero-order valence-electron chi connectivity index (χ0n) is 6.49. The predicted octanol–water partition coefficient (Wildman–Crippen LogP) is 3.86. The van der Waals surface area contributed by atoms with Crippen LogP contribution in [-0.4, -0.2) is 6.67 Å². The molecule has 0 saturated heterocycles. The van der Waals surface area contributed by atoms with Gasteiger partial charge < -0.3 is 0 Å². The minimum absolute atomic E-state index is 0.301. The van der Waals surface area contributed by atoms with E-state index in [4.69, 9.17) is 0 Å². The normalized spacial score (nSPS) is 10.2. The largest absolute Gasteiger partial charge is 0.251 e. The van der Waals surface area contributed by atoms with Crippen LogP contribution in [0, 0.1) is 0 Å². The van der Waals surface area contributed by atoms with Crippen molar-refractivity contribution in [2.45, 2.75) is 11.8 Å². The van der Waals surface area contributed by atoms with Crippen molar-refractivity contribution in [1.82, 2.24) is 0 Å². The first kappa shape index (κ1) is 10.2. The van der Waals surface area contributed by atoms with Crippen LogP contribution in [0.2, 0.25) is 0 Å². The zero-order valence-corrected chi connectivity index (χ0v) is 9.66. The second kappa shape index (κ2) is 4.97. The highest BCUT2D eigenvalue weighted by atomic mass is 79.9. The van der Waals surface area contributed by atoms with E-state index in [1.165, 1.54) is 5.56 Å². The van der Waals surface area contributed by atoms with Crippen molar-refractivity contribution in [2.75, 3.05) is 6.67 Å². The van der Waals surface area contributed by atoms with Gasteiger partial charge in [0, 0.05) is 16.2 Å². The van der Waals surface area contributed by atoms with Crippen LogP contribution >= 0.6 is 31.9 Å². The van der Waals surface area contributed by atoms with Gasteiger partial charge in [-0.05, 0) is 11.1 Å². The number of hydrogen-bond acceptors (Lipinski definition) is 0. The number of hydrogen-bond donors (Lipinski definition) is 0. The molecule has 0 bridgehead atoms. The van der Waals surface area contributed by atoms with Crippen molar-refractivity contribution < 1.29 is 4.39 Å². The zero-order chi connectivity index (χ0) is 8.97. The van der Waals surface area contributed by atoms with Gasteiger partial charge in [0.2, 0.25) is 0 Å². The number of benzene rings is 1. The van der Waals surface area contributed by atoms with Crippen LogP contribution in [0.5, 0.6) is 0 Å². The van der Waals surface area contributed by atoms with Gasteiger partial charge >= 0.3 is 0 Å². The summed E-state index contributed by atoms with van der Waals surface area (Å²) in [5.74, 6) is 0. The standard InChI is InChI=1S/C9H9Br2F/c10-6-8-3-1-2-7(4-5-12)9(8)11/h1-3H,4-6H2. The molecule has 12 heavy (non-hydrogen) atoms. The van der Waals surface area contributed by atoms with Crippen LogP contribution < -0.4 is 0 Å². The molecule has 0 aliphatic carbocycles. The van der Waals surface area contributed by atoms with Crippen LogP contribution in [0.4, 0.5) is 4.39 Å². The quantitative estimate of drug-likeness (QED) is 0.743. The molecule has 0 nitrogen and oxygen atoms in total. The molecular formula is C9H9Br2F. The van der Waals surface area contributed by atoms with E-state index in [-0.39, 0.29) is 6.67 Å². The van der Waals surface area contributed by atoms with E-state index in [1.54, 1.807) is 0 Å². The Morgan fingerprint density at radius 3 is 2.50 bits per heavy atom. The number of alkyl halides is 2. The van der Waals surface area contributed by atoms with Gasteiger partial charge in [0.25, 0.3) is 0 Å². The Bertz CT molecular complexity index is 261. The Hall–Kier alpha value is 0.110. The van der Waals surface area contributed by atoms with E-state index in [0.29, 0.717) is 6.42 Å². The van der Waals surface area contributed by atoms with Crippen LogP contribution in [0.15, 0.2) is 22.7 Å². The third-order valence-corrected chi connectivity index (χ3v) is 3.29. The molecule has 0 unspecified atom stereocenters. The van der Waals surface area contributed by atoms with Crippen LogP contribution in [0.3, 0.4) is 0 Å². The molecule has 66 valence electrons. The molecule has 0 radical (unpaired) electrons. The third kappa shape index (κ3) is 2.30. The average molecular weight is 296 g/mol. The summed E-state index contributed by atoms with van der Waals surface area (Å²) in [7, 11) is 0. The molecule has 0 amide bonds. The van der Waals surface area contributed by atoms with Crippen LogP contribution in [0.25, 0.3) is 0 Å². The summed E-state index contributed by atoms with van der Waals surface area (Å²) >= 11 is 6.82. The van der Waals surface area contributed by atoms with Crippen LogP contribution in [-0.2, 0) is 11.8 Å². The fourth-order valence-corrected chi connectivity index (χ4v) is 2.48. The summed E-state index contributed by atoms with van der Waals surface area (Å²) in [6.45, 7) is -0.301. The predicted molar refractivity (Wildman–Crippen MR) is 56.5 cm³/mol. The molecule has 1 rings (SSSR count). The van der Waals surface area contributed by atoms with Gasteiger partial charge in [0.15, 0.2) is 0 Å². The lowest BCUT2D eigenvalue weighted by molar-refractivity contribution is 0.495. The van der Waals surface area contributed by atoms with E-state index in [9.17, 15) is 4.39 Å². The second-order valence-corrected chi connectivity index (χ2v) is 3.82. The topological polar surface area (TPSA) is 0 Å². The first-order chi connectivity index (χ1) is 5.79. The van der Waals surface area contributed by atoms with Crippen molar-refractivity contribution in [3.05, 3.63) is 33.8 Å². The van der Waals surface area contributed by atoms with Gasteiger partial charge in [-0.1, -0.05) is 50.1 Å². The molecule has 1 aromatic carbocycles. The molecule has 1 aromatic rings. The summed E-state index contributed by atoms with van der Waals surface area (Å²) in [6.07, 6.45) is 0.488. The van der Waals surface area contributed by atoms with Gasteiger partial charge in [0.1, 0.15) is 0 Å². The van der Waals surface area contributed by atoms with E-state index < -0.39 is 0 Å². The summed E-state index contributed by atoms with van der Waals surface area (Å²) in [6, 6.07) is 5.91. The number of aryl methyl sites for hydroxylation is 1. The van der Waals surface area contributed by atoms with E-state index in [0.717, 1.165) is 15.4 Å². The smallest absolute Gasteiger partial charge is 0.0935 e. The van der Waals surface area contributed by atoms with Crippen molar-refractivity contribution in [3.8, 4) is 0 Å². The Kier molecular flexibility index (Phi) is 4.22. The first-order valence-corrected chi connectivity index (χ1v) is 5.59. The summed E-state index contributed by atoms with van der Waals surface area (Å²) in [4.78, 5) is 0. The molecule has 0 aliphatic rings. The Balaban J connectivity index is 2.97. The fourth-order valence-electron chi connectivity index (χ4n) is 1.03. The highest BCUT2D eigenvalue weighted by Crippen LogP contribution is 2.24. The van der Waals surface area contributed by atoms with Crippen molar-refractivity contribution in [3.63, 3.8) is 0 Å². The molecule has 0 atom stereocenters. The monoisotopic (exact) mass is 294 g/mol. The molecule has 0 aromatic heterocycles. The van der Waals surface area contributed by atoms with Crippen molar-refractivity contribution in [1.29, 1.82) is 0 Å². The summed E-state index contributed by atoms with van der Waals surface area (Å²) < 4.78 is 13.1. The minimum atomic E-state index is -0.301. The number of halogens is 3. The molecule has 0 spiro atoms. The molecule has 0 saturated carbocycles. The molecule has 3 heteroatoms. The van der Waals surface area contributed by atoms with Gasteiger partial charge in [-0.25, -0.2) is 0 Å². The molecule has 0 heterocycles. The fraction of sp³-hybridized carbons (Fsp3) is 0.333. The highest BCUT2D eigenvalue weighted by Gasteiger charge is 2.03. The van der Waals surface area contributed by atoms with E-state index in [2.05, 4.69) is 31.9 Å². The van der Waals surface area contributed by atoms with Gasteiger partial charge in [-0.15, -0.1) is 0 Å². The van der Waals surface area contributed by atoms with Crippen LogP contribution in [0.1, 0.15) is 11.1 Å². The van der Waals surface area contributed by atoms with Gasteiger partial charge in [-0.3, -0.25) is 4.39 Å². The molecule has 0 aliphatic heterocycles. The molecular weight excluding hydrogens is 287 g/mol. The molecule has 0 fully saturated rings. The lowest BCUT2D eigenvalue weighted by atomic mass is 10.1. The first-order valence-electron chi connectivity index (χ1n) is 3.67. The third-order valence-electron chi connectivity index (χ3n) is 1.67. The maximum atomic E-state index is 12.1. The lowest BCUT2D eigenvalue weighted by Crippen LogP contribution is -1.91. The second-order valence-electron chi connectivity index (χ2n) is 2.46. The number of rotatable bonds is 3. The maximum absolute atomic E-state index is 12.1. The van der Waals surface area contributed by atoms with Crippen molar-refractivity contribution >= 4 is 31.9 Å².